The molecule has 2 unspecified atom stereocenters. The molecular formula is C9H18NO2P. The molecule has 0 fully saturated rings. The fourth-order valence-electron chi connectivity index (χ4n) is 1.13. The summed E-state index contributed by atoms with van der Waals surface area (Å²) < 4.78 is 17.3. The molecule has 0 radical (unpaired) electrons. The molecule has 0 amide bonds. The van der Waals surface area contributed by atoms with Crippen LogP contribution in [0.25, 0.3) is 0 Å². The first-order valence-corrected chi connectivity index (χ1v) is 6.79. The summed E-state index contributed by atoms with van der Waals surface area (Å²) in [5, 5.41) is 0. The molecule has 0 saturated heterocycles. The summed E-state index contributed by atoms with van der Waals surface area (Å²) in [6.45, 7) is 5.51. The molecule has 0 aliphatic heterocycles. The topological polar surface area (TPSA) is 52.3 Å². The average Bonchev–Trinajstić information content (AvgIpc) is 2.34. The summed E-state index contributed by atoms with van der Waals surface area (Å²) in [6, 6.07) is 0.0853. The third-order valence-electron chi connectivity index (χ3n) is 2.36. The van der Waals surface area contributed by atoms with Gasteiger partial charge in [0.05, 0.1) is 0 Å². The smallest absolute Gasteiger partial charge is 0.247 e. The Bertz CT molecular complexity index is 260. The highest BCUT2D eigenvalue weighted by atomic mass is 31.2. The van der Waals surface area contributed by atoms with Crippen LogP contribution in [-0.4, -0.2) is 18.4 Å². The van der Waals surface area contributed by atoms with Crippen LogP contribution < -0.4 is 5.73 Å². The lowest BCUT2D eigenvalue weighted by Gasteiger charge is -2.19. The van der Waals surface area contributed by atoms with Gasteiger partial charge in [-0.25, -0.2) is 0 Å². The Morgan fingerprint density at radius 3 is 2.69 bits per heavy atom. The summed E-state index contributed by atoms with van der Waals surface area (Å²) in [5.74, 6) is 0.812. The van der Waals surface area contributed by atoms with Gasteiger partial charge < -0.3 is 10.3 Å². The molecule has 1 rings (SSSR count). The molecule has 0 aromatic heterocycles. The maximum absolute atomic E-state index is 11.9. The third kappa shape index (κ3) is 2.85. The zero-order chi connectivity index (χ0) is 10.1. The van der Waals surface area contributed by atoms with Crippen LogP contribution in [-0.2, 0) is 9.09 Å². The summed E-state index contributed by atoms with van der Waals surface area (Å²) >= 11 is 0. The van der Waals surface area contributed by atoms with Crippen LogP contribution in [0.4, 0.5) is 0 Å². The van der Waals surface area contributed by atoms with Crippen LogP contribution in [0.1, 0.15) is 26.7 Å². The number of nitrogens with two attached hydrogens (primary N) is 1. The van der Waals surface area contributed by atoms with E-state index < -0.39 is 7.37 Å². The van der Waals surface area contributed by atoms with E-state index in [1.54, 1.807) is 6.66 Å². The lowest BCUT2D eigenvalue weighted by atomic mass is 10.3. The Kier molecular flexibility index (Phi) is 3.20. The number of allylic oxidation sites excluding steroid dienone is 1. The maximum atomic E-state index is 11.9. The van der Waals surface area contributed by atoms with E-state index in [1.165, 1.54) is 0 Å². The summed E-state index contributed by atoms with van der Waals surface area (Å²) in [7, 11) is -2.46. The van der Waals surface area contributed by atoms with Crippen molar-refractivity contribution >= 4 is 7.37 Å². The molecule has 2 atom stereocenters. The first-order valence-electron chi connectivity index (χ1n) is 4.65. The first-order chi connectivity index (χ1) is 5.92. The van der Waals surface area contributed by atoms with Gasteiger partial charge in [0.2, 0.25) is 7.37 Å². The fourth-order valence-corrected chi connectivity index (χ4v) is 1.96. The van der Waals surface area contributed by atoms with Gasteiger partial charge in [0, 0.05) is 24.8 Å². The van der Waals surface area contributed by atoms with Gasteiger partial charge in [0.25, 0.3) is 0 Å². The van der Waals surface area contributed by atoms with Crippen LogP contribution in [0.15, 0.2) is 11.8 Å². The van der Waals surface area contributed by atoms with Crippen LogP contribution in [0.5, 0.6) is 0 Å². The second kappa shape index (κ2) is 3.85. The lowest BCUT2D eigenvalue weighted by molar-refractivity contribution is 0.391. The Balaban J connectivity index is 2.59. The van der Waals surface area contributed by atoms with Crippen LogP contribution in [0.3, 0.4) is 0 Å². The van der Waals surface area contributed by atoms with E-state index in [-0.39, 0.29) is 11.7 Å². The van der Waals surface area contributed by atoms with Crippen molar-refractivity contribution in [2.24, 2.45) is 5.73 Å². The molecule has 0 spiro atoms. The van der Waals surface area contributed by atoms with Crippen molar-refractivity contribution in [3.63, 3.8) is 0 Å². The van der Waals surface area contributed by atoms with Gasteiger partial charge in [-0.1, -0.05) is 13.8 Å². The SMILES string of the molecule is CC(C)P(C)(=O)OC1=CC(N)CC1. The van der Waals surface area contributed by atoms with E-state index in [9.17, 15) is 4.57 Å². The highest BCUT2D eigenvalue weighted by molar-refractivity contribution is 7.58. The Labute approximate surface area is 79.8 Å². The largest absolute Gasteiger partial charge is 0.448 e. The molecule has 3 nitrogen and oxygen atoms in total. The van der Waals surface area contributed by atoms with Crippen LogP contribution >= 0.6 is 7.37 Å². The first kappa shape index (κ1) is 10.8. The predicted molar refractivity (Wildman–Crippen MR) is 55.0 cm³/mol. The van der Waals surface area contributed by atoms with Crippen molar-refractivity contribution in [3.8, 4) is 0 Å². The molecule has 0 saturated carbocycles. The Morgan fingerprint density at radius 1 is 1.69 bits per heavy atom. The molecule has 13 heavy (non-hydrogen) atoms. The molecule has 0 heterocycles. The van der Waals surface area contributed by atoms with Crippen molar-refractivity contribution in [1.82, 2.24) is 0 Å². The van der Waals surface area contributed by atoms with E-state index in [4.69, 9.17) is 10.3 Å². The quantitative estimate of drug-likeness (QED) is 0.716. The zero-order valence-corrected chi connectivity index (χ0v) is 9.38. The average molecular weight is 203 g/mol. The monoisotopic (exact) mass is 203 g/mol. The van der Waals surface area contributed by atoms with Crippen molar-refractivity contribution in [2.45, 2.75) is 38.4 Å². The van der Waals surface area contributed by atoms with Crippen LogP contribution in [0.2, 0.25) is 0 Å². The number of hydrogen-bond donors (Lipinski definition) is 1. The van der Waals surface area contributed by atoms with Gasteiger partial charge in [-0.05, 0) is 12.5 Å². The molecule has 76 valence electrons. The van der Waals surface area contributed by atoms with E-state index in [0.717, 1.165) is 18.6 Å². The van der Waals surface area contributed by atoms with Gasteiger partial charge in [-0.15, -0.1) is 0 Å². The van der Waals surface area contributed by atoms with E-state index in [0.29, 0.717) is 0 Å². The van der Waals surface area contributed by atoms with E-state index in [1.807, 2.05) is 19.9 Å². The summed E-state index contributed by atoms with van der Waals surface area (Å²) in [5.41, 5.74) is 5.75. The third-order valence-corrected chi connectivity index (χ3v) is 4.83. The van der Waals surface area contributed by atoms with Crippen molar-refractivity contribution in [1.29, 1.82) is 0 Å². The summed E-state index contributed by atoms with van der Waals surface area (Å²) in [4.78, 5) is 0. The van der Waals surface area contributed by atoms with Crippen LogP contribution in [0, 0.1) is 0 Å². The lowest BCUT2D eigenvalue weighted by Crippen LogP contribution is -2.11. The maximum Gasteiger partial charge on any atom is 0.247 e. The predicted octanol–water partition coefficient (Wildman–Crippen LogP) is 2.32. The normalized spacial score (nSPS) is 27.2. The van der Waals surface area contributed by atoms with Crippen molar-refractivity contribution in [2.75, 3.05) is 6.66 Å². The highest BCUT2D eigenvalue weighted by Crippen LogP contribution is 2.50. The van der Waals surface area contributed by atoms with Gasteiger partial charge in [-0.3, -0.25) is 4.57 Å². The Hall–Kier alpha value is -0.270. The van der Waals surface area contributed by atoms with Gasteiger partial charge in [0.15, 0.2) is 0 Å². The zero-order valence-electron chi connectivity index (χ0n) is 8.49. The van der Waals surface area contributed by atoms with E-state index in [2.05, 4.69) is 0 Å². The van der Waals surface area contributed by atoms with Gasteiger partial charge >= 0.3 is 0 Å². The minimum Gasteiger partial charge on any atom is -0.448 e. The van der Waals surface area contributed by atoms with Crippen molar-refractivity contribution < 1.29 is 9.09 Å². The molecule has 1 aliphatic carbocycles. The molecule has 0 bridgehead atoms. The minimum atomic E-state index is -2.46. The van der Waals surface area contributed by atoms with E-state index >= 15 is 0 Å². The second-order valence-corrected chi connectivity index (χ2v) is 6.96. The Morgan fingerprint density at radius 2 is 2.31 bits per heavy atom. The summed E-state index contributed by atoms with van der Waals surface area (Å²) in [6.07, 6.45) is 3.61. The van der Waals surface area contributed by atoms with Gasteiger partial charge in [0.1, 0.15) is 5.76 Å². The molecule has 0 aromatic carbocycles. The minimum absolute atomic E-state index is 0.0743. The fraction of sp³-hybridized carbons (Fsp3) is 0.778. The number of rotatable bonds is 3. The molecule has 4 heteroatoms. The molecular weight excluding hydrogens is 185 g/mol. The molecule has 2 N–H and O–H groups in total. The standard InChI is InChI=1S/C9H18NO2P/c1-7(2)13(3,11)12-9-5-4-8(10)6-9/h6-8H,4-5,10H2,1-3H3. The molecule has 1 aliphatic rings. The second-order valence-electron chi connectivity index (χ2n) is 3.93. The highest BCUT2D eigenvalue weighted by Gasteiger charge is 2.25. The van der Waals surface area contributed by atoms with Gasteiger partial charge in [-0.2, -0.15) is 0 Å². The van der Waals surface area contributed by atoms with Crippen molar-refractivity contribution in [3.05, 3.63) is 11.8 Å². The number of hydrogen-bond acceptors (Lipinski definition) is 3. The molecule has 0 aromatic rings.